The largest absolute Gasteiger partial charge is 0.462 e. The molecule has 10 aliphatic heterocycles. The van der Waals surface area contributed by atoms with Crippen LogP contribution in [-0.4, -0.2) is 65.9 Å². The van der Waals surface area contributed by atoms with Gasteiger partial charge in [0.1, 0.15) is 0 Å². The maximum absolute atomic E-state index is 13.1. The van der Waals surface area contributed by atoms with Crippen molar-refractivity contribution in [1.82, 2.24) is 40.8 Å². The van der Waals surface area contributed by atoms with Crippen LogP contribution in [0.1, 0.15) is 59.5 Å². The number of carbonyl (C=O) groups excluding carboxylic acids is 2. The molecule has 0 fully saturated rings. The number of benzene rings is 3. The molecule has 0 spiro atoms. The molecule has 15 rings (SSSR count). The molecular weight excluding hydrogens is 677 g/mol. The number of esters is 2. The number of aromatic nitrogens is 8. The Kier molecular flexibility index (Phi) is 10.0. The molecule has 12 nitrogen and oxygen atoms in total. The number of hydrogen-bond acceptors (Lipinski definition) is 16. The van der Waals surface area contributed by atoms with Crippen molar-refractivity contribution in [3.05, 3.63) is 82.9 Å². The van der Waals surface area contributed by atoms with Gasteiger partial charge >= 0.3 is 11.9 Å². The fourth-order valence-corrected chi connectivity index (χ4v) is 7.38. The zero-order chi connectivity index (χ0) is 33.0. The predicted molar refractivity (Wildman–Crippen MR) is 175 cm³/mol. The van der Waals surface area contributed by atoms with Gasteiger partial charge in [-0.25, -0.2) is 9.59 Å². The standard InChI is InChI=1S/C31H26N8O4S4/c1-5-42-25(40)21-15-24-22(26(41)43-6-2)16-23(21)46-29-36-32-27(33-37-29)44-19-11-7-17(8-12-19)31(3,4)18-9-13-20(14-10-18)45-28-34-38-30(47-24)39-35-28/h7-16H,5-6H2,1-4H3. The van der Waals surface area contributed by atoms with Gasteiger partial charge in [0.15, 0.2) is 0 Å². The molecule has 0 unspecified atom stereocenters. The van der Waals surface area contributed by atoms with Crippen LogP contribution in [0, 0.1) is 0 Å². The van der Waals surface area contributed by atoms with E-state index in [-0.39, 0.29) is 40.1 Å². The highest BCUT2D eigenvalue weighted by atomic mass is 32.2. The Bertz CT molecular complexity index is 1770. The number of ether oxygens (including phenoxy) is 2. The van der Waals surface area contributed by atoms with Crippen molar-refractivity contribution in [2.45, 2.75) is 73.3 Å². The van der Waals surface area contributed by atoms with Crippen molar-refractivity contribution in [1.29, 1.82) is 0 Å². The van der Waals surface area contributed by atoms with Gasteiger partial charge in [0, 0.05) is 25.0 Å². The Morgan fingerprint density at radius 3 is 1.19 bits per heavy atom. The summed E-state index contributed by atoms with van der Waals surface area (Å²) in [5.74, 6) is -1.20. The lowest BCUT2D eigenvalue weighted by Crippen LogP contribution is -2.18. The van der Waals surface area contributed by atoms with Crippen LogP contribution in [0.25, 0.3) is 0 Å². The van der Waals surface area contributed by atoms with Crippen LogP contribution < -0.4 is 0 Å². The minimum atomic E-state index is -0.598. The smallest absolute Gasteiger partial charge is 0.339 e. The maximum atomic E-state index is 13.1. The molecule has 0 N–H and O–H groups in total. The molecule has 3 aromatic carbocycles. The minimum absolute atomic E-state index is 0.147. The fraction of sp³-hybridized carbons (Fsp3) is 0.226. The molecule has 0 radical (unpaired) electrons. The quantitative estimate of drug-likeness (QED) is 0.188. The topological polar surface area (TPSA) is 156 Å². The van der Waals surface area contributed by atoms with Gasteiger partial charge in [-0.2, -0.15) is 0 Å². The summed E-state index contributed by atoms with van der Waals surface area (Å²) in [4.78, 5) is 28.8. The van der Waals surface area contributed by atoms with Crippen LogP contribution in [0.5, 0.6) is 0 Å². The Morgan fingerprint density at radius 1 is 0.553 bits per heavy atom. The predicted octanol–water partition coefficient (Wildman–Crippen LogP) is 6.44. The summed E-state index contributed by atoms with van der Waals surface area (Å²) in [5, 5.41) is 35.0. The molecule has 12 heterocycles. The minimum Gasteiger partial charge on any atom is -0.462 e. The zero-order valence-corrected chi connectivity index (χ0v) is 28.8. The lowest BCUT2D eigenvalue weighted by Gasteiger charge is -2.26. The van der Waals surface area contributed by atoms with E-state index in [1.54, 1.807) is 13.8 Å². The van der Waals surface area contributed by atoms with E-state index in [0.29, 0.717) is 20.1 Å². The first kappa shape index (κ1) is 32.8. The first-order valence-electron chi connectivity index (χ1n) is 14.3. The number of carbonyl (C=O) groups is 2. The molecule has 0 amide bonds. The average molecular weight is 703 g/mol. The molecule has 0 saturated heterocycles. The first-order chi connectivity index (χ1) is 22.7. The number of rotatable bonds is 4. The van der Waals surface area contributed by atoms with Crippen molar-refractivity contribution in [3.63, 3.8) is 0 Å². The van der Waals surface area contributed by atoms with Crippen LogP contribution in [0.15, 0.2) is 101 Å². The van der Waals surface area contributed by atoms with E-state index in [9.17, 15) is 9.59 Å². The van der Waals surface area contributed by atoms with Crippen molar-refractivity contribution < 1.29 is 19.1 Å². The maximum Gasteiger partial charge on any atom is 0.339 e. The van der Waals surface area contributed by atoms with E-state index in [1.165, 1.54) is 35.7 Å². The molecule has 10 aliphatic rings. The average Bonchev–Trinajstić information content (AvgIpc) is 3.07. The lowest BCUT2D eigenvalue weighted by molar-refractivity contribution is 0.0505. The Balaban J connectivity index is 1.44. The summed E-state index contributed by atoms with van der Waals surface area (Å²) in [5.41, 5.74) is 2.40. The van der Waals surface area contributed by atoms with Gasteiger partial charge < -0.3 is 9.47 Å². The summed E-state index contributed by atoms with van der Waals surface area (Å²) < 4.78 is 10.7. The molecule has 238 valence electrons. The van der Waals surface area contributed by atoms with Crippen molar-refractivity contribution >= 4 is 59.0 Å². The number of nitrogens with zero attached hydrogens (tertiary/aromatic N) is 8. The Labute approximate surface area is 287 Å². The highest BCUT2D eigenvalue weighted by Crippen LogP contribution is 2.38. The summed E-state index contributed by atoms with van der Waals surface area (Å²) in [6.45, 7) is 8.06. The summed E-state index contributed by atoms with van der Waals surface area (Å²) in [7, 11) is 0. The lowest BCUT2D eigenvalue weighted by atomic mass is 9.78. The van der Waals surface area contributed by atoms with E-state index in [0.717, 1.165) is 44.4 Å². The normalized spacial score (nSPS) is 13.7. The molecule has 16 heteroatoms. The highest BCUT2D eigenvalue weighted by Gasteiger charge is 2.25. The summed E-state index contributed by atoms with van der Waals surface area (Å²) in [6.07, 6.45) is 0. The number of hydrogen-bond donors (Lipinski definition) is 0. The van der Waals surface area contributed by atoms with E-state index in [2.05, 4.69) is 78.9 Å². The van der Waals surface area contributed by atoms with Gasteiger partial charge in [-0.15, -0.1) is 40.8 Å². The van der Waals surface area contributed by atoms with E-state index >= 15 is 0 Å². The van der Waals surface area contributed by atoms with Crippen LogP contribution in [0.4, 0.5) is 0 Å². The summed E-state index contributed by atoms with van der Waals surface area (Å²) in [6, 6.07) is 19.5. The van der Waals surface area contributed by atoms with Gasteiger partial charge in [-0.05, 0) is 108 Å². The van der Waals surface area contributed by atoms with Crippen LogP contribution >= 0.6 is 47.0 Å². The molecule has 0 atom stereocenters. The van der Waals surface area contributed by atoms with Gasteiger partial charge in [0.2, 0.25) is 20.6 Å². The molecule has 0 aliphatic carbocycles. The molecule has 10 bridgehead atoms. The third kappa shape index (κ3) is 7.56. The summed E-state index contributed by atoms with van der Waals surface area (Å²) >= 11 is 4.72. The second kappa shape index (κ2) is 14.3. The van der Waals surface area contributed by atoms with E-state index < -0.39 is 11.9 Å². The third-order valence-electron chi connectivity index (χ3n) is 6.93. The Morgan fingerprint density at radius 2 is 0.872 bits per heavy atom. The SMILES string of the molecule is CCOC(=O)c1cc2c(C(=O)OCC)cc1Sc1nnc(nn1)Sc1ccc(cc1)C(C)(C)c1ccc(cc1)Sc1nnc(nn1)S2. The van der Waals surface area contributed by atoms with Gasteiger partial charge in [-0.3, -0.25) is 0 Å². The Hall–Kier alpha value is -4.12. The molecule has 5 aromatic rings. The van der Waals surface area contributed by atoms with Gasteiger partial charge in [-0.1, -0.05) is 38.1 Å². The van der Waals surface area contributed by atoms with Crippen LogP contribution in [-0.2, 0) is 14.9 Å². The highest BCUT2D eigenvalue weighted by molar-refractivity contribution is 8.00. The van der Waals surface area contributed by atoms with Crippen LogP contribution in [0.3, 0.4) is 0 Å². The van der Waals surface area contributed by atoms with E-state index in [1.807, 2.05) is 24.3 Å². The second-order valence-electron chi connectivity index (χ2n) is 10.3. The van der Waals surface area contributed by atoms with Crippen molar-refractivity contribution in [3.8, 4) is 0 Å². The van der Waals surface area contributed by atoms with Crippen molar-refractivity contribution in [2.75, 3.05) is 13.2 Å². The second-order valence-corrected chi connectivity index (χ2v) is 14.4. The van der Waals surface area contributed by atoms with E-state index in [4.69, 9.17) is 9.47 Å². The molecule has 0 saturated carbocycles. The fourth-order valence-electron chi connectivity index (χ4n) is 4.50. The van der Waals surface area contributed by atoms with Crippen LogP contribution in [0.2, 0.25) is 0 Å². The molecular formula is C31H26N8O4S4. The van der Waals surface area contributed by atoms with Gasteiger partial charge in [0.05, 0.1) is 24.3 Å². The molecule has 2 aromatic heterocycles. The van der Waals surface area contributed by atoms with Gasteiger partial charge in [0.25, 0.3) is 0 Å². The zero-order valence-electron chi connectivity index (χ0n) is 25.5. The van der Waals surface area contributed by atoms with Crippen molar-refractivity contribution in [2.24, 2.45) is 0 Å². The third-order valence-corrected chi connectivity index (χ3v) is 10.4. The monoisotopic (exact) mass is 702 g/mol. The first-order valence-corrected chi connectivity index (χ1v) is 17.6. The molecule has 47 heavy (non-hydrogen) atoms.